The van der Waals surface area contributed by atoms with E-state index < -0.39 is 10.0 Å². The fraction of sp³-hybridized carbons (Fsp3) is 0.355. The highest BCUT2D eigenvalue weighted by Crippen LogP contribution is 2.31. The van der Waals surface area contributed by atoms with E-state index in [1.165, 1.54) is 12.1 Å². The number of anilines is 1. The molecule has 5 rings (SSSR count). The molecule has 11 heteroatoms. The maximum Gasteiger partial charge on any atom is 0.264 e. The van der Waals surface area contributed by atoms with Crippen LogP contribution in [0, 0.1) is 19.3 Å². The average Bonchev–Trinajstić information content (AvgIpc) is 3.32. The van der Waals surface area contributed by atoms with Gasteiger partial charge in [0, 0.05) is 42.5 Å². The van der Waals surface area contributed by atoms with Gasteiger partial charge in [-0.25, -0.2) is 18.1 Å². The molecule has 220 valence electrons. The summed E-state index contributed by atoms with van der Waals surface area (Å²) in [5.41, 5.74) is 4.33. The largest absolute Gasteiger partial charge is 0.475 e. The van der Waals surface area contributed by atoms with E-state index in [4.69, 9.17) is 4.74 Å². The summed E-state index contributed by atoms with van der Waals surface area (Å²) in [4.78, 5) is 24.8. The summed E-state index contributed by atoms with van der Waals surface area (Å²) in [6.45, 7) is 10.7. The van der Waals surface area contributed by atoms with Crippen molar-refractivity contribution in [3.8, 4) is 17.1 Å². The van der Waals surface area contributed by atoms with Crippen LogP contribution < -0.4 is 9.46 Å². The van der Waals surface area contributed by atoms with Crippen molar-refractivity contribution < 1.29 is 17.9 Å². The Morgan fingerprint density at radius 2 is 1.76 bits per heavy atom. The first-order valence-electron chi connectivity index (χ1n) is 13.8. The Hall–Kier alpha value is -4.25. The molecule has 1 aliphatic rings. The maximum atomic E-state index is 14.1. The second-order valence-corrected chi connectivity index (χ2v) is 13.7. The number of nitrogens with one attached hydrogen (secondary N) is 1. The first-order valence-corrected chi connectivity index (χ1v) is 15.3. The van der Waals surface area contributed by atoms with E-state index in [1.54, 1.807) is 34.0 Å². The molecule has 3 heterocycles. The quantitative estimate of drug-likeness (QED) is 0.351. The van der Waals surface area contributed by atoms with E-state index in [0.717, 1.165) is 22.3 Å². The van der Waals surface area contributed by atoms with E-state index >= 15 is 0 Å². The molecule has 4 bridgehead atoms. The molecule has 0 saturated heterocycles. The summed E-state index contributed by atoms with van der Waals surface area (Å²) in [6, 6.07) is 13.3. The molecule has 0 radical (unpaired) electrons. The van der Waals surface area contributed by atoms with Crippen LogP contribution in [0.1, 0.15) is 54.2 Å². The Morgan fingerprint density at radius 3 is 2.43 bits per heavy atom. The number of nitrogens with zero attached hydrogens (tertiary/aromatic N) is 5. The third-order valence-corrected chi connectivity index (χ3v) is 8.47. The van der Waals surface area contributed by atoms with Crippen molar-refractivity contribution in [1.29, 1.82) is 0 Å². The second-order valence-electron chi connectivity index (χ2n) is 12.0. The van der Waals surface area contributed by atoms with Crippen LogP contribution in [0.5, 0.6) is 5.88 Å². The van der Waals surface area contributed by atoms with Crippen molar-refractivity contribution in [1.82, 2.24) is 24.6 Å². The van der Waals surface area contributed by atoms with Crippen molar-refractivity contribution in [3.63, 3.8) is 0 Å². The number of amides is 1. The second kappa shape index (κ2) is 11.2. The third kappa shape index (κ3) is 6.46. The lowest BCUT2D eigenvalue weighted by atomic mass is 9.87. The molecule has 4 aromatic rings. The molecule has 1 atom stereocenters. The molecule has 0 aliphatic carbocycles. The summed E-state index contributed by atoms with van der Waals surface area (Å²) < 4.78 is 37.5. The molecule has 42 heavy (non-hydrogen) atoms. The molecular weight excluding hydrogens is 552 g/mol. The normalized spacial score (nSPS) is 17.0. The number of fused-ring (bicyclic) bond motifs is 4. The van der Waals surface area contributed by atoms with Gasteiger partial charge in [-0.3, -0.25) is 9.48 Å². The third-order valence-electron chi connectivity index (χ3n) is 7.14. The molecule has 1 amide bonds. The highest BCUT2D eigenvalue weighted by molar-refractivity contribution is 7.92. The summed E-state index contributed by atoms with van der Waals surface area (Å²) in [5.74, 6) is -0.207. The molecule has 0 fully saturated rings. The summed E-state index contributed by atoms with van der Waals surface area (Å²) in [5, 5.41) is 4.28. The minimum Gasteiger partial charge on any atom is -0.475 e. The number of sulfonamides is 1. The minimum absolute atomic E-state index is 0.0650. The van der Waals surface area contributed by atoms with Crippen LogP contribution in [0.15, 0.2) is 65.8 Å². The number of rotatable bonds is 4. The fourth-order valence-corrected chi connectivity index (χ4v) is 6.29. The van der Waals surface area contributed by atoms with Crippen LogP contribution in [0.4, 0.5) is 5.95 Å². The van der Waals surface area contributed by atoms with Crippen molar-refractivity contribution in [2.75, 3.05) is 11.3 Å². The molecule has 0 unspecified atom stereocenters. The van der Waals surface area contributed by atoms with Crippen LogP contribution in [0.3, 0.4) is 0 Å². The molecule has 2 aromatic carbocycles. The number of ether oxygens (including phenoxy) is 1. The zero-order valence-corrected chi connectivity index (χ0v) is 25.6. The smallest absolute Gasteiger partial charge is 0.264 e. The maximum absolute atomic E-state index is 14.1. The summed E-state index contributed by atoms with van der Waals surface area (Å²) in [6.07, 6.45) is 4.21. The molecule has 2 aromatic heterocycles. The number of aromatic nitrogens is 4. The first kappa shape index (κ1) is 29.2. The SMILES string of the molecule is Cc1cccc(C)c1-c1cc2nc(n1)NS(=O)(=O)c1cccc(c1)C(=O)N(Cc1cnn(C)c1)[C@H](CC(C)(C)C)CO2. The number of aryl methyl sites for hydroxylation is 3. The van der Waals surface area contributed by atoms with Crippen LogP contribution in [0.25, 0.3) is 11.3 Å². The molecule has 0 spiro atoms. The van der Waals surface area contributed by atoms with Gasteiger partial charge in [-0.15, -0.1) is 0 Å². The van der Waals surface area contributed by atoms with Gasteiger partial charge in [-0.1, -0.05) is 45.0 Å². The van der Waals surface area contributed by atoms with Gasteiger partial charge < -0.3 is 9.64 Å². The van der Waals surface area contributed by atoms with E-state index in [1.807, 2.05) is 45.3 Å². The number of carbonyl (C=O) groups is 1. The van der Waals surface area contributed by atoms with Crippen molar-refractivity contribution >= 4 is 21.9 Å². The topological polar surface area (TPSA) is 119 Å². The van der Waals surface area contributed by atoms with Crippen LogP contribution in [0.2, 0.25) is 0 Å². The Balaban J connectivity index is 1.68. The van der Waals surface area contributed by atoms with E-state index in [9.17, 15) is 13.2 Å². The van der Waals surface area contributed by atoms with Crippen molar-refractivity contribution in [2.45, 2.75) is 58.5 Å². The summed E-state index contributed by atoms with van der Waals surface area (Å²) in [7, 11) is -2.31. The van der Waals surface area contributed by atoms with Gasteiger partial charge in [0.25, 0.3) is 15.9 Å². The van der Waals surface area contributed by atoms with Crippen LogP contribution >= 0.6 is 0 Å². The monoisotopic (exact) mass is 588 g/mol. The van der Waals surface area contributed by atoms with Gasteiger partial charge in [-0.2, -0.15) is 10.1 Å². The zero-order chi connectivity index (χ0) is 30.2. The number of hydrogen-bond acceptors (Lipinski definition) is 7. The summed E-state index contributed by atoms with van der Waals surface area (Å²) >= 11 is 0. The molecule has 1 aliphatic heterocycles. The predicted molar refractivity (Wildman–Crippen MR) is 161 cm³/mol. The molecule has 0 saturated carbocycles. The minimum atomic E-state index is -4.13. The number of carbonyl (C=O) groups excluding carboxylic acids is 1. The fourth-order valence-electron chi connectivity index (χ4n) is 5.30. The standard InChI is InChI=1S/C31H36N6O4S/c1-20-9-7-10-21(2)28(20)26-14-27-34-30(33-26)35-42(39,40)25-12-8-11-23(13-25)29(38)37(18-22-16-32-36(6)17-22)24(19-41-27)15-31(3,4)5/h7-14,16-17,24H,15,18-19H2,1-6H3,(H,33,34,35)/t24-/m1/s1. The average molecular weight is 589 g/mol. The Labute approximate surface area is 246 Å². The van der Waals surface area contributed by atoms with Crippen LogP contribution in [-0.4, -0.2) is 51.6 Å². The van der Waals surface area contributed by atoms with Crippen molar-refractivity contribution in [3.05, 3.63) is 83.2 Å². The Morgan fingerprint density at radius 1 is 1.05 bits per heavy atom. The highest BCUT2D eigenvalue weighted by Gasteiger charge is 2.31. The lowest BCUT2D eigenvalue weighted by Crippen LogP contribution is -2.45. The van der Waals surface area contributed by atoms with Gasteiger partial charge in [0.15, 0.2) is 0 Å². The van der Waals surface area contributed by atoms with Crippen molar-refractivity contribution in [2.24, 2.45) is 12.5 Å². The number of hydrogen-bond donors (Lipinski definition) is 1. The zero-order valence-electron chi connectivity index (χ0n) is 24.7. The lowest BCUT2D eigenvalue weighted by molar-refractivity contribution is 0.0513. The Kier molecular flexibility index (Phi) is 7.80. The number of benzene rings is 2. The van der Waals surface area contributed by atoms with Gasteiger partial charge in [0.2, 0.25) is 11.8 Å². The molecule has 1 N–H and O–H groups in total. The predicted octanol–water partition coefficient (Wildman–Crippen LogP) is 5.13. The van der Waals surface area contributed by atoms with Gasteiger partial charge >= 0.3 is 0 Å². The first-order chi connectivity index (χ1) is 19.8. The molecular formula is C31H36N6O4S. The van der Waals surface area contributed by atoms with Gasteiger partial charge in [0.1, 0.15) is 6.61 Å². The Bertz CT molecular complexity index is 1720. The van der Waals surface area contributed by atoms with E-state index in [0.29, 0.717) is 12.1 Å². The van der Waals surface area contributed by atoms with Gasteiger partial charge in [-0.05, 0) is 55.0 Å². The molecule has 10 nitrogen and oxygen atoms in total. The van der Waals surface area contributed by atoms with Gasteiger partial charge in [0.05, 0.1) is 22.8 Å². The van der Waals surface area contributed by atoms with E-state index in [-0.39, 0.29) is 52.8 Å². The lowest BCUT2D eigenvalue weighted by Gasteiger charge is -2.35. The van der Waals surface area contributed by atoms with E-state index in [2.05, 4.69) is 40.6 Å². The highest BCUT2D eigenvalue weighted by atomic mass is 32.2. The van der Waals surface area contributed by atoms with Crippen LogP contribution in [-0.2, 0) is 23.6 Å².